The highest BCUT2D eigenvalue weighted by atomic mass is 16.5. The molecule has 1 aromatic rings. The Morgan fingerprint density at radius 2 is 2.10 bits per heavy atom. The second-order valence-electron chi connectivity index (χ2n) is 6.41. The van der Waals surface area contributed by atoms with Crippen LogP contribution in [0.1, 0.15) is 18.4 Å². The fraction of sp³-hybridized carbons (Fsp3) is 0.588. The van der Waals surface area contributed by atoms with Gasteiger partial charge in [0.1, 0.15) is 6.61 Å². The predicted octanol–water partition coefficient (Wildman–Crippen LogP) is 1.93. The van der Waals surface area contributed by atoms with Crippen LogP contribution in [0.15, 0.2) is 24.3 Å². The topological polar surface area (TPSA) is 32.8 Å². The molecule has 2 aliphatic rings. The van der Waals surface area contributed by atoms with Crippen molar-refractivity contribution >= 4 is 11.6 Å². The van der Waals surface area contributed by atoms with Gasteiger partial charge in [0.15, 0.2) is 0 Å². The van der Waals surface area contributed by atoms with E-state index in [0.29, 0.717) is 12.0 Å². The van der Waals surface area contributed by atoms with Gasteiger partial charge in [0.05, 0.1) is 6.61 Å². The van der Waals surface area contributed by atoms with Crippen molar-refractivity contribution in [3.63, 3.8) is 0 Å². The minimum absolute atomic E-state index is 0.0784. The standard InChI is InChI=1S/C17H24N2O2/c1-18(2)15-9-14-5-3-4-6-16(14)19(10-15)17(20)12-21-11-13-7-8-13/h3-6,13,15H,7-12H2,1-2H3/t15-/m1/s1. The van der Waals surface area contributed by atoms with Crippen LogP contribution in [0.3, 0.4) is 0 Å². The van der Waals surface area contributed by atoms with Crippen molar-refractivity contribution in [1.29, 1.82) is 0 Å². The van der Waals surface area contributed by atoms with Gasteiger partial charge >= 0.3 is 0 Å². The number of nitrogens with zero attached hydrogens (tertiary/aromatic N) is 2. The number of rotatable bonds is 5. The maximum Gasteiger partial charge on any atom is 0.253 e. The summed E-state index contributed by atoms with van der Waals surface area (Å²) < 4.78 is 5.58. The second kappa shape index (κ2) is 6.16. The lowest BCUT2D eigenvalue weighted by Crippen LogP contribution is -2.49. The summed E-state index contributed by atoms with van der Waals surface area (Å²) in [7, 11) is 4.15. The lowest BCUT2D eigenvalue weighted by molar-refractivity contribution is -0.123. The summed E-state index contributed by atoms with van der Waals surface area (Å²) in [5, 5.41) is 0. The molecule has 4 nitrogen and oxygen atoms in total. The second-order valence-corrected chi connectivity index (χ2v) is 6.41. The monoisotopic (exact) mass is 288 g/mol. The molecular formula is C17H24N2O2. The largest absolute Gasteiger partial charge is 0.371 e. The molecule has 0 aromatic heterocycles. The van der Waals surface area contributed by atoms with E-state index in [2.05, 4.69) is 25.1 Å². The molecule has 1 aromatic carbocycles. The average molecular weight is 288 g/mol. The van der Waals surface area contributed by atoms with Crippen molar-refractivity contribution in [2.24, 2.45) is 5.92 Å². The number of benzene rings is 1. The van der Waals surface area contributed by atoms with Crippen LogP contribution >= 0.6 is 0 Å². The summed E-state index contributed by atoms with van der Waals surface area (Å²) in [6, 6.07) is 8.58. The number of amides is 1. The highest BCUT2D eigenvalue weighted by molar-refractivity contribution is 5.95. The summed E-state index contributed by atoms with van der Waals surface area (Å²) in [4.78, 5) is 16.6. The third kappa shape index (κ3) is 3.44. The molecule has 1 aliphatic carbocycles. The number of fused-ring (bicyclic) bond motifs is 1. The van der Waals surface area contributed by atoms with Gasteiger partial charge in [0, 0.05) is 18.3 Å². The molecule has 3 rings (SSSR count). The molecule has 1 saturated carbocycles. The fourth-order valence-electron chi connectivity index (χ4n) is 2.83. The van der Waals surface area contributed by atoms with E-state index in [1.165, 1.54) is 18.4 Å². The van der Waals surface area contributed by atoms with Crippen LogP contribution in [0.25, 0.3) is 0 Å². The molecular weight excluding hydrogens is 264 g/mol. The van der Waals surface area contributed by atoms with Crippen LogP contribution < -0.4 is 4.90 Å². The van der Waals surface area contributed by atoms with Crippen LogP contribution in [0.2, 0.25) is 0 Å². The highest BCUT2D eigenvalue weighted by Gasteiger charge is 2.29. The molecule has 0 radical (unpaired) electrons. The first-order valence-electron chi connectivity index (χ1n) is 7.77. The van der Waals surface area contributed by atoms with E-state index in [1.807, 2.05) is 23.1 Å². The van der Waals surface area contributed by atoms with E-state index in [4.69, 9.17) is 4.74 Å². The van der Waals surface area contributed by atoms with E-state index >= 15 is 0 Å². The number of likely N-dealkylation sites (N-methyl/N-ethyl adjacent to an activating group) is 1. The predicted molar refractivity (Wildman–Crippen MR) is 83.5 cm³/mol. The van der Waals surface area contributed by atoms with Crippen molar-refractivity contribution < 1.29 is 9.53 Å². The van der Waals surface area contributed by atoms with E-state index in [0.717, 1.165) is 25.3 Å². The van der Waals surface area contributed by atoms with Gasteiger partial charge in [-0.2, -0.15) is 0 Å². The fourth-order valence-corrected chi connectivity index (χ4v) is 2.83. The third-order valence-corrected chi connectivity index (χ3v) is 4.44. The van der Waals surface area contributed by atoms with Crippen LogP contribution in [-0.4, -0.2) is 50.7 Å². The number of hydrogen-bond acceptors (Lipinski definition) is 3. The summed E-state index contributed by atoms with van der Waals surface area (Å²) >= 11 is 0. The molecule has 4 heteroatoms. The minimum atomic E-state index is 0.0784. The first-order valence-corrected chi connectivity index (χ1v) is 7.77. The molecule has 0 saturated heterocycles. The van der Waals surface area contributed by atoms with Crippen LogP contribution in [0.5, 0.6) is 0 Å². The first kappa shape index (κ1) is 14.5. The van der Waals surface area contributed by atoms with Crippen molar-refractivity contribution in [3.8, 4) is 0 Å². The van der Waals surface area contributed by atoms with E-state index < -0.39 is 0 Å². The minimum Gasteiger partial charge on any atom is -0.371 e. The Balaban J connectivity index is 1.70. The highest BCUT2D eigenvalue weighted by Crippen LogP contribution is 2.30. The molecule has 0 N–H and O–H groups in total. The zero-order chi connectivity index (χ0) is 14.8. The van der Waals surface area contributed by atoms with Crippen molar-refractivity contribution in [2.45, 2.75) is 25.3 Å². The summed E-state index contributed by atoms with van der Waals surface area (Å²) in [6.07, 6.45) is 3.50. The van der Waals surface area contributed by atoms with Gasteiger partial charge in [0.2, 0.25) is 0 Å². The van der Waals surface area contributed by atoms with Gasteiger partial charge < -0.3 is 14.5 Å². The Bertz CT molecular complexity index is 511. The molecule has 0 unspecified atom stereocenters. The van der Waals surface area contributed by atoms with E-state index in [9.17, 15) is 4.79 Å². The van der Waals surface area contributed by atoms with Crippen LogP contribution in [0, 0.1) is 5.92 Å². The zero-order valence-corrected chi connectivity index (χ0v) is 12.9. The molecule has 1 aliphatic heterocycles. The van der Waals surface area contributed by atoms with Gasteiger partial charge in [-0.25, -0.2) is 0 Å². The van der Waals surface area contributed by atoms with E-state index in [1.54, 1.807) is 0 Å². The number of carbonyl (C=O) groups excluding carboxylic acids is 1. The van der Waals surface area contributed by atoms with Gasteiger partial charge in [-0.1, -0.05) is 18.2 Å². The van der Waals surface area contributed by atoms with E-state index in [-0.39, 0.29) is 12.5 Å². The Labute approximate surface area is 126 Å². The Morgan fingerprint density at radius 3 is 2.81 bits per heavy atom. The molecule has 1 fully saturated rings. The van der Waals surface area contributed by atoms with Gasteiger partial charge in [-0.15, -0.1) is 0 Å². The maximum absolute atomic E-state index is 12.5. The molecule has 0 spiro atoms. The average Bonchev–Trinajstić information content (AvgIpc) is 3.30. The van der Waals surface area contributed by atoms with Crippen molar-refractivity contribution in [1.82, 2.24) is 4.90 Å². The quantitative estimate of drug-likeness (QED) is 0.830. The number of para-hydroxylation sites is 1. The third-order valence-electron chi connectivity index (χ3n) is 4.44. The van der Waals surface area contributed by atoms with Gasteiger partial charge in [0.25, 0.3) is 5.91 Å². The van der Waals surface area contributed by atoms with Crippen molar-refractivity contribution in [2.75, 3.05) is 38.8 Å². The molecule has 1 heterocycles. The molecule has 114 valence electrons. The Kier molecular flexibility index (Phi) is 4.27. The lowest BCUT2D eigenvalue weighted by Gasteiger charge is -2.37. The molecule has 1 atom stereocenters. The van der Waals surface area contributed by atoms with Gasteiger partial charge in [-0.05, 0) is 50.9 Å². The Morgan fingerprint density at radius 1 is 1.33 bits per heavy atom. The SMILES string of the molecule is CN(C)[C@@H]1Cc2ccccc2N(C(=O)COCC2CC2)C1. The number of anilines is 1. The van der Waals surface area contributed by atoms with Crippen LogP contribution in [-0.2, 0) is 16.0 Å². The summed E-state index contributed by atoms with van der Waals surface area (Å²) in [5.74, 6) is 0.774. The number of carbonyl (C=O) groups is 1. The molecule has 21 heavy (non-hydrogen) atoms. The smallest absolute Gasteiger partial charge is 0.253 e. The number of ether oxygens (including phenoxy) is 1. The van der Waals surface area contributed by atoms with Gasteiger partial charge in [-0.3, -0.25) is 4.79 Å². The number of hydrogen-bond donors (Lipinski definition) is 0. The first-order chi connectivity index (χ1) is 10.1. The molecule has 0 bridgehead atoms. The normalized spacial score (nSPS) is 21.5. The summed E-state index contributed by atoms with van der Waals surface area (Å²) in [6.45, 7) is 1.68. The van der Waals surface area contributed by atoms with Crippen LogP contribution in [0.4, 0.5) is 5.69 Å². The maximum atomic E-state index is 12.5. The van der Waals surface area contributed by atoms with Crippen molar-refractivity contribution in [3.05, 3.63) is 29.8 Å². The summed E-state index contributed by atoms with van der Waals surface area (Å²) in [5.41, 5.74) is 2.30. The zero-order valence-electron chi connectivity index (χ0n) is 12.9. The molecule has 1 amide bonds. The lowest BCUT2D eigenvalue weighted by atomic mass is 9.97. The Hall–Kier alpha value is -1.39.